The highest BCUT2D eigenvalue weighted by atomic mass is 35.5. The monoisotopic (exact) mass is 227 g/mol. The Bertz CT molecular complexity index is 157. The highest BCUT2D eigenvalue weighted by molar-refractivity contribution is 6.27. The molecular formula is C7H11Cl2NO3. The van der Waals surface area contributed by atoms with Gasteiger partial charge in [-0.15, -0.1) is 23.2 Å². The Balaban J connectivity index is 3.17. The van der Waals surface area contributed by atoms with E-state index in [0.29, 0.717) is 13.0 Å². The van der Waals surface area contributed by atoms with Gasteiger partial charge in [-0.25, -0.2) is 0 Å². The molecule has 13 heavy (non-hydrogen) atoms. The van der Waals surface area contributed by atoms with Crippen LogP contribution in [0.5, 0.6) is 0 Å². The molecule has 6 heteroatoms. The van der Waals surface area contributed by atoms with Crippen LogP contribution in [0.15, 0.2) is 0 Å². The number of esters is 1. The van der Waals surface area contributed by atoms with Crippen LogP contribution in [0.3, 0.4) is 0 Å². The van der Waals surface area contributed by atoms with Crippen LogP contribution in [0.2, 0.25) is 0 Å². The Hall–Kier alpha value is -0.480. The molecule has 0 aliphatic carbocycles. The van der Waals surface area contributed by atoms with Crippen molar-refractivity contribution in [3.63, 3.8) is 0 Å². The Labute approximate surface area is 86.5 Å². The van der Waals surface area contributed by atoms with Gasteiger partial charge in [0.25, 0.3) is 0 Å². The number of amides is 1. The third kappa shape index (κ3) is 7.87. The third-order valence-corrected chi connectivity index (χ3v) is 1.60. The Kier molecular flexibility index (Phi) is 7.83. The van der Waals surface area contributed by atoms with Gasteiger partial charge in [0.15, 0.2) is 0 Å². The van der Waals surface area contributed by atoms with Gasteiger partial charge in [0, 0.05) is 6.54 Å². The van der Waals surface area contributed by atoms with Gasteiger partial charge in [0.2, 0.25) is 5.91 Å². The van der Waals surface area contributed by atoms with Crippen molar-refractivity contribution in [3.05, 3.63) is 0 Å². The lowest BCUT2D eigenvalue weighted by Gasteiger charge is -2.03. The zero-order valence-corrected chi connectivity index (χ0v) is 8.53. The maximum absolute atomic E-state index is 10.6. The summed E-state index contributed by atoms with van der Waals surface area (Å²) in [6.07, 6.45) is 0.561. The number of alkyl halides is 2. The molecule has 4 nitrogen and oxygen atoms in total. The highest BCUT2D eigenvalue weighted by Crippen LogP contribution is 1.86. The minimum absolute atomic E-state index is 0.0541. The summed E-state index contributed by atoms with van der Waals surface area (Å²) in [6, 6.07) is 0. The average molecular weight is 228 g/mol. The molecular weight excluding hydrogens is 217 g/mol. The molecule has 0 aliphatic rings. The van der Waals surface area contributed by atoms with E-state index in [9.17, 15) is 9.59 Å². The Morgan fingerprint density at radius 3 is 2.46 bits per heavy atom. The van der Waals surface area contributed by atoms with E-state index in [1.165, 1.54) is 0 Å². The first-order chi connectivity index (χ1) is 6.20. The molecule has 0 bridgehead atoms. The molecule has 0 radical (unpaired) electrons. The third-order valence-electron chi connectivity index (χ3n) is 1.14. The number of halogens is 2. The van der Waals surface area contributed by atoms with Gasteiger partial charge in [0.1, 0.15) is 11.8 Å². The van der Waals surface area contributed by atoms with Gasteiger partial charge in [-0.2, -0.15) is 0 Å². The molecule has 0 aliphatic heterocycles. The highest BCUT2D eigenvalue weighted by Gasteiger charge is 1.99. The van der Waals surface area contributed by atoms with E-state index in [1.54, 1.807) is 0 Å². The topological polar surface area (TPSA) is 55.4 Å². The summed E-state index contributed by atoms with van der Waals surface area (Å²) in [5, 5.41) is 2.53. The first-order valence-corrected chi connectivity index (χ1v) is 4.82. The van der Waals surface area contributed by atoms with E-state index < -0.39 is 5.97 Å². The summed E-state index contributed by atoms with van der Waals surface area (Å²) in [4.78, 5) is 21.1. The lowest BCUT2D eigenvalue weighted by atomic mass is 10.4. The van der Waals surface area contributed by atoms with Crippen molar-refractivity contribution in [2.45, 2.75) is 6.42 Å². The van der Waals surface area contributed by atoms with Gasteiger partial charge in [-0.1, -0.05) is 0 Å². The largest absolute Gasteiger partial charge is 0.465 e. The second kappa shape index (κ2) is 8.13. The number of hydrogen-bond donors (Lipinski definition) is 1. The number of ether oxygens (including phenoxy) is 1. The summed E-state index contributed by atoms with van der Waals surface area (Å²) in [6.45, 7) is 0.704. The van der Waals surface area contributed by atoms with Crippen LogP contribution in [0.4, 0.5) is 0 Å². The van der Waals surface area contributed by atoms with Gasteiger partial charge in [-0.3, -0.25) is 9.59 Å². The quantitative estimate of drug-likeness (QED) is 0.409. The minimum atomic E-state index is -0.453. The first kappa shape index (κ1) is 12.5. The molecule has 0 heterocycles. The molecule has 0 atom stereocenters. The number of carbonyl (C=O) groups is 2. The Morgan fingerprint density at radius 1 is 1.23 bits per heavy atom. The summed E-state index contributed by atoms with van der Waals surface area (Å²) in [5.74, 6) is -0.883. The summed E-state index contributed by atoms with van der Waals surface area (Å²) >= 11 is 10.4. The van der Waals surface area contributed by atoms with E-state index in [1.807, 2.05) is 0 Å². The van der Waals surface area contributed by atoms with Crippen LogP contribution in [-0.4, -0.2) is 36.8 Å². The molecule has 0 aromatic carbocycles. The molecule has 0 spiro atoms. The number of hydrogen-bond acceptors (Lipinski definition) is 3. The van der Waals surface area contributed by atoms with Gasteiger partial charge in [0.05, 0.1) is 6.61 Å². The molecule has 1 amide bonds. The molecule has 0 aromatic rings. The van der Waals surface area contributed by atoms with Crippen LogP contribution in [-0.2, 0) is 14.3 Å². The maximum Gasteiger partial charge on any atom is 0.320 e. The fourth-order valence-electron chi connectivity index (χ4n) is 0.572. The fraction of sp³-hybridized carbons (Fsp3) is 0.714. The predicted molar refractivity (Wildman–Crippen MR) is 50.0 cm³/mol. The van der Waals surface area contributed by atoms with Crippen molar-refractivity contribution in [1.29, 1.82) is 0 Å². The Morgan fingerprint density at radius 2 is 1.92 bits per heavy atom. The molecule has 76 valence electrons. The minimum Gasteiger partial charge on any atom is -0.465 e. The lowest BCUT2D eigenvalue weighted by Crippen LogP contribution is -2.26. The van der Waals surface area contributed by atoms with Crippen LogP contribution >= 0.6 is 23.2 Å². The summed E-state index contributed by atoms with van der Waals surface area (Å²) in [5.41, 5.74) is 0. The van der Waals surface area contributed by atoms with Gasteiger partial charge < -0.3 is 10.1 Å². The number of nitrogens with one attached hydrogen (secondary N) is 1. The molecule has 0 fully saturated rings. The fourth-order valence-corrected chi connectivity index (χ4v) is 0.743. The number of carbonyl (C=O) groups excluding carboxylic acids is 2. The van der Waals surface area contributed by atoms with Crippen molar-refractivity contribution in [3.8, 4) is 0 Å². The van der Waals surface area contributed by atoms with Crippen LogP contribution in [0.25, 0.3) is 0 Å². The van der Waals surface area contributed by atoms with Crippen molar-refractivity contribution in [2.75, 3.05) is 24.9 Å². The summed E-state index contributed by atoms with van der Waals surface area (Å²) < 4.78 is 4.65. The van der Waals surface area contributed by atoms with Gasteiger partial charge in [-0.05, 0) is 6.42 Å². The smallest absolute Gasteiger partial charge is 0.320 e. The van der Waals surface area contributed by atoms with Gasteiger partial charge >= 0.3 is 5.97 Å². The second-order valence-electron chi connectivity index (χ2n) is 2.19. The average Bonchev–Trinajstić information content (AvgIpc) is 2.16. The second-order valence-corrected chi connectivity index (χ2v) is 2.73. The zero-order chi connectivity index (χ0) is 10.1. The molecule has 0 unspecified atom stereocenters. The zero-order valence-electron chi connectivity index (χ0n) is 7.02. The van der Waals surface area contributed by atoms with Crippen molar-refractivity contribution < 1.29 is 14.3 Å². The van der Waals surface area contributed by atoms with E-state index >= 15 is 0 Å². The van der Waals surface area contributed by atoms with Crippen LogP contribution in [0, 0.1) is 0 Å². The van der Waals surface area contributed by atoms with E-state index in [2.05, 4.69) is 10.1 Å². The molecule has 0 aromatic heterocycles. The maximum atomic E-state index is 10.6. The number of rotatable bonds is 6. The lowest BCUT2D eigenvalue weighted by molar-refractivity contribution is -0.140. The van der Waals surface area contributed by atoms with Crippen molar-refractivity contribution in [2.24, 2.45) is 0 Å². The summed E-state index contributed by atoms with van der Waals surface area (Å²) in [7, 11) is 0. The predicted octanol–water partition coefficient (Wildman–Crippen LogP) is 0.513. The molecule has 0 saturated heterocycles. The van der Waals surface area contributed by atoms with Crippen LogP contribution < -0.4 is 5.32 Å². The molecule has 0 saturated carbocycles. The van der Waals surface area contributed by atoms with Crippen LogP contribution in [0.1, 0.15) is 6.42 Å². The molecule has 0 rings (SSSR count). The van der Waals surface area contributed by atoms with Crippen molar-refractivity contribution >= 4 is 35.1 Å². The van der Waals surface area contributed by atoms with E-state index in [0.717, 1.165) is 0 Å². The van der Waals surface area contributed by atoms with E-state index in [-0.39, 0.29) is 24.3 Å². The molecule has 1 N–H and O–H groups in total. The SMILES string of the molecule is O=C(CCl)NCCCOC(=O)CCl. The standard InChI is InChI=1S/C7H11Cl2NO3/c8-4-6(11)10-2-1-3-13-7(12)5-9/h1-5H2,(H,10,11). The first-order valence-electron chi connectivity index (χ1n) is 3.75. The van der Waals surface area contributed by atoms with E-state index in [4.69, 9.17) is 23.2 Å². The normalized spacial score (nSPS) is 9.38. The van der Waals surface area contributed by atoms with Crippen molar-refractivity contribution in [1.82, 2.24) is 5.32 Å².